The number of aliphatic hydroxyl groups is 1. The molecule has 1 N–H and O–H groups in total. The van der Waals surface area contributed by atoms with Gasteiger partial charge in [0.05, 0.1) is 31.6 Å². The number of nitrogens with zero attached hydrogens (tertiary/aromatic N) is 1. The summed E-state index contributed by atoms with van der Waals surface area (Å²) >= 11 is 0. The van der Waals surface area contributed by atoms with Gasteiger partial charge in [0.15, 0.2) is 0 Å². The summed E-state index contributed by atoms with van der Waals surface area (Å²) in [7, 11) is 3.03. The zero-order valence-corrected chi connectivity index (χ0v) is 24.0. The van der Waals surface area contributed by atoms with Gasteiger partial charge in [0, 0.05) is 24.7 Å². The summed E-state index contributed by atoms with van der Waals surface area (Å²) in [6.45, 7) is 0.499. The van der Waals surface area contributed by atoms with Gasteiger partial charge >= 0.3 is 5.97 Å². The molecule has 0 bridgehead atoms. The minimum atomic E-state index is -0.515. The maximum atomic E-state index is 11.4. The number of benzene rings is 2. The van der Waals surface area contributed by atoms with E-state index < -0.39 is 6.10 Å². The van der Waals surface area contributed by atoms with Crippen LogP contribution >= 0.6 is 0 Å². The van der Waals surface area contributed by atoms with Crippen LogP contribution in [0.4, 0.5) is 0 Å². The predicted octanol–water partition coefficient (Wildman–Crippen LogP) is 7.11. The van der Waals surface area contributed by atoms with E-state index in [1.165, 1.54) is 37.5 Å². The number of hydrogen-bond acceptors (Lipinski definition) is 6. The minimum absolute atomic E-state index is 0.0841. The molecule has 0 heterocycles. The molecular weight excluding hydrogens is 502 g/mol. The average Bonchev–Trinajstić information content (AvgIpc) is 3.31. The molecule has 6 heteroatoms. The van der Waals surface area contributed by atoms with E-state index in [4.69, 9.17) is 14.3 Å². The Morgan fingerprint density at radius 3 is 2.40 bits per heavy atom. The molecule has 0 amide bonds. The summed E-state index contributed by atoms with van der Waals surface area (Å²) in [5.41, 5.74) is 4.51. The lowest BCUT2D eigenvalue weighted by atomic mass is 9.76. The molecule has 2 aromatic rings. The van der Waals surface area contributed by atoms with E-state index >= 15 is 0 Å². The first-order valence-electron chi connectivity index (χ1n) is 14.9. The molecule has 216 valence electrons. The third-order valence-corrected chi connectivity index (χ3v) is 8.47. The van der Waals surface area contributed by atoms with E-state index in [0.29, 0.717) is 25.4 Å². The second-order valence-corrected chi connectivity index (χ2v) is 11.1. The third kappa shape index (κ3) is 8.28. The van der Waals surface area contributed by atoms with Crippen molar-refractivity contribution in [2.24, 2.45) is 22.9 Å². The normalized spacial score (nSPS) is 23.9. The van der Waals surface area contributed by atoms with Gasteiger partial charge in [-0.2, -0.15) is 0 Å². The van der Waals surface area contributed by atoms with E-state index in [2.05, 4.69) is 65.8 Å². The SMILES string of the molecule is CON=C(C1CCCCC1)[C@@H]1[C@@H](C/C=C\CCCC(=O)OC)[C@@H](OCc2ccc(-c3ccccc3)cc2)C[C@H]1O. The number of esters is 1. The van der Waals surface area contributed by atoms with E-state index in [0.717, 1.165) is 43.4 Å². The van der Waals surface area contributed by atoms with Crippen LogP contribution in [-0.4, -0.2) is 43.2 Å². The minimum Gasteiger partial charge on any atom is -0.469 e. The Bertz CT molecular complexity index is 1090. The predicted molar refractivity (Wildman–Crippen MR) is 159 cm³/mol. The van der Waals surface area contributed by atoms with Crippen molar-refractivity contribution < 1.29 is 24.2 Å². The van der Waals surface area contributed by atoms with Crippen molar-refractivity contribution >= 4 is 11.7 Å². The number of carbonyl (C=O) groups excluding carboxylic acids is 1. The first-order chi connectivity index (χ1) is 19.6. The second-order valence-electron chi connectivity index (χ2n) is 11.1. The second kappa shape index (κ2) is 15.7. The van der Waals surface area contributed by atoms with E-state index in [1.807, 2.05) is 6.07 Å². The Kier molecular flexibility index (Phi) is 11.8. The molecule has 0 radical (unpaired) electrons. The Labute approximate surface area is 239 Å². The lowest BCUT2D eigenvalue weighted by Crippen LogP contribution is -2.36. The van der Waals surface area contributed by atoms with Crippen molar-refractivity contribution in [3.8, 4) is 11.1 Å². The molecule has 2 aliphatic carbocycles. The Hall–Kier alpha value is -2.96. The number of methoxy groups -OCH3 is 1. The van der Waals surface area contributed by atoms with Crippen molar-refractivity contribution in [2.45, 2.75) is 83.0 Å². The number of aliphatic hydroxyl groups excluding tert-OH is 1. The topological polar surface area (TPSA) is 77.4 Å². The molecule has 2 aromatic carbocycles. The molecular formula is C34H45NO5. The molecule has 40 heavy (non-hydrogen) atoms. The highest BCUT2D eigenvalue weighted by molar-refractivity contribution is 5.90. The summed E-state index contributed by atoms with van der Waals surface area (Å²) in [5.74, 6) is 0.189. The number of rotatable bonds is 13. The smallest absolute Gasteiger partial charge is 0.305 e. The summed E-state index contributed by atoms with van der Waals surface area (Å²) in [5, 5.41) is 15.9. The van der Waals surface area contributed by atoms with Gasteiger partial charge in [0.1, 0.15) is 7.11 Å². The molecule has 4 rings (SSSR count). The number of ether oxygens (including phenoxy) is 2. The van der Waals surface area contributed by atoms with Gasteiger partial charge in [-0.05, 0) is 54.7 Å². The van der Waals surface area contributed by atoms with Gasteiger partial charge in [-0.1, -0.05) is 91.2 Å². The number of unbranched alkanes of at least 4 members (excludes halogenated alkanes) is 1. The summed E-state index contributed by atoms with van der Waals surface area (Å²) < 4.78 is 11.3. The zero-order valence-electron chi connectivity index (χ0n) is 24.0. The van der Waals surface area contributed by atoms with Crippen molar-refractivity contribution in [3.05, 3.63) is 72.3 Å². The lowest BCUT2D eigenvalue weighted by Gasteiger charge is -2.31. The van der Waals surface area contributed by atoms with Crippen molar-refractivity contribution in [3.63, 3.8) is 0 Å². The Morgan fingerprint density at radius 1 is 0.975 bits per heavy atom. The molecule has 2 fully saturated rings. The van der Waals surface area contributed by atoms with Gasteiger partial charge in [-0.25, -0.2) is 0 Å². The van der Waals surface area contributed by atoms with E-state index in [-0.39, 0.29) is 23.9 Å². The van der Waals surface area contributed by atoms with E-state index in [1.54, 1.807) is 7.11 Å². The standard InChI is InChI=1S/C34H45NO5/c1-38-32(37)18-12-4-3-11-17-29-31(23-30(36)33(29)34(35-39-2)28-15-9-6-10-16-28)40-24-25-19-21-27(22-20-25)26-13-7-5-8-14-26/h3,5,7-8,11,13-14,19-22,28-31,33,36H,4,6,9-10,12,15-18,23-24H2,1-2H3/b11-3-,35-34?/t29-,30+,31-,33+/m0/s1. The number of allylic oxidation sites excluding steroid dienone is 2. The number of oxime groups is 1. The molecule has 4 atom stereocenters. The fraction of sp³-hybridized carbons (Fsp3) is 0.529. The van der Waals surface area contributed by atoms with Crippen molar-refractivity contribution in [1.82, 2.24) is 0 Å². The van der Waals surface area contributed by atoms with Gasteiger partial charge in [-0.3, -0.25) is 4.79 Å². The highest BCUT2D eigenvalue weighted by Crippen LogP contribution is 2.42. The number of hydrogen-bond donors (Lipinski definition) is 1. The molecule has 0 unspecified atom stereocenters. The third-order valence-electron chi connectivity index (χ3n) is 8.47. The summed E-state index contributed by atoms with van der Waals surface area (Å²) in [4.78, 5) is 16.8. The molecule has 0 aromatic heterocycles. The van der Waals surface area contributed by atoms with Crippen LogP contribution in [0.5, 0.6) is 0 Å². The zero-order chi connectivity index (χ0) is 28.2. The van der Waals surface area contributed by atoms with E-state index in [9.17, 15) is 9.90 Å². The van der Waals surface area contributed by atoms with Gasteiger partial charge in [0.25, 0.3) is 0 Å². The quantitative estimate of drug-likeness (QED) is 0.0951. The van der Waals surface area contributed by atoms with Crippen LogP contribution < -0.4 is 0 Å². The average molecular weight is 548 g/mol. The van der Waals surface area contributed by atoms with Crippen LogP contribution in [-0.2, 0) is 25.7 Å². The van der Waals surface area contributed by atoms with Crippen LogP contribution in [0.3, 0.4) is 0 Å². The van der Waals surface area contributed by atoms with Crippen LogP contribution in [0.15, 0.2) is 71.9 Å². The highest BCUT2D eigenvalue weighted by Gasteiger charge is 2.47. The van der Waals surface area contributed by atoms with Gasteiger partial charge < -0.3 is 19.4 Å². The highest BCUT2D eigenvalue weighted by atomic mass is 16.6. The van der Waals surface area contributed by atoms with Crippen LogP contribution in [0.2, 0.25) is 0 Å². The van der Waals surface area contributed by atoms with Crippen LogP contribution in [0, 0.1) is 17.8 Å². The fourth-order valence-electron chi connectivity index (χ4n) is 6.36. The number of carbonyl (C=O) groups is 1. The molecule has 0 spiro atoms. The summed E-state index contributed by atoms with van der Waals surface area (Å²) in [6.07, 6.45) is 12.9. The molecule has 0 saturated heterocycles. The maximum Gasteiger partial charge on any atom is 0.305 e. The molecule has 0 aliphatic heterocycles. The molecule has 6 nitrogen and oxygen atoms in total. The van der Waals surface area contributed by atoms with Gasteiger partial charge in [0.2, 0.25) is 0 Å². The molecule has 2 aliphatic rings. The fourth-order valence-corrected chi connectivity index (χ4v) is 6.36. The van der Waals surface area contributed by atoms with Crippen LogP contribution in [0.1, 0.15) is 69.8 Å². The lowest BCUT2D eigenvalue weighted by molar-refractivity contribution is -0.140. The largest absolute Gasteiger partial charge is 0.469 e. The molecule has 2 saturated carbocycles. The monoisotopic (exact) mass is 547 g/mol. The van der Waals surface area contributed by atoms with Crippen molar-refractivity contribution in [1.29, 1.82) is 0 Å². The maximum absolute atomic E-state index is 11.4. The van der Waals surface area contributed by atoms with Gasteiger partial charge in [-0.15, -0.1) is 0 Å². The first kappa shape index (κ1) is 30.0. The van der Waals surface area contributed by atoms with Crippen LogP contribution in [0.25, 0.3) is 11.1 Å². The Balaban J connectivity index is 1.45. The Morgan fingerprint density at radius 2 is 1.70 bits per heavy atom. The summed E-state index contributed by atoms with van der Waals surface area (Å²) in [6, 6.07) is 18.9. The first-order valence-corrected chi connectivity index (χ1v) is 14.9. The van der Waals surface area contributed by atoms with Crippen molar-refractivity contribution in [2.75, 3.05) is 14.2 Å².